The molecular weight excluding hydrogens is 393 g/mol. The molecule has 0 saturated heterocycles. The van der Waals surface area contributed by atoms with Crippen molar-refractivity contribution in [2.45, 2.75) is 25.3 Å². The average molecular weight is 408 g/mol. The van der Waals surface area contributed by atoms with E-state index in [0.717, 1.165) is 20.9 Å². The van der Waals surface area contributed by atoms with Gasteiger partial charge in [-0.3, -0.25) is 4.79 Å². The van der Waals surface area contributed by atoms with E-state index in [4.69, 9.17) is 0 Å². The molecule has 1 fully saturated rings. The van der Waals surface area contributed by atoms with Gasteiger partial charge in [0.15, 0.2) is 0 Å². The Balaban J connectivity index is 2.04. The predicted octanol–water partition coefficient (Wildman–Crippen LogP) is 3.58. The lowest BCUT2D eigenvalue weighted by atomic mass is 10.1. The molecule has 0 aromatic heterocycles. The molecule has 2 rings (SSSR count). The number of nitrogens with one attached hydrogen (secondary N) is 1. The molecule has 2 nitrogen and oxygen atoms in total. The van der Waals surface area contributed by atoms with Crippen LogP contribution in [-0.2, 0) is 0 Å². The Morgan fingerprint density at radius 2 is 2.18 bits per heavy atom. The molecule has 0 spiro atoms. The number of amides is 1. The summed E-state index contributed by atoms with van der Waals surface area (Å²) < 4.78 is 1.01. The van der Waals surface area contributed by atoms with Crippen molar-refractivity contribution in [3.8, 4) is 0 Å². The molecule has 1 aliphatic rings. The summed E-state index contributed by atoms with van der Waals surface area (Å²) in [6.45, 7) is 0. The lowest BCUT2D eigenvalue weighted by Crippen LogP contribution is -2.38. The molecular formula is C13H15BrINO. The number of rotatable bonds is 3. The molecule has 1 amide bonds. The fraction of sp³-hybridized carbons (Fsp3) is 0.462. The highest BCUT2D eigenvalue weighted by atomic mass is 127. The van der Waals surface area contributed by atoms with Crippen molar-refractivity contribution in [1.82, 2.24) is 5.32 Å². The van der Waals surface area contributed by atoms with Crippen LogP contribution in [0.25, 0.3) is 0 Å². The summed E-state index contributed by atoms with van der Waals surface area (Å²) in [5, 5.41) is 4.14. The van der Waals surface area contributed by atoms with Gasteiger partial charge in [-0.2, -0.15) is 0 Å². The fourth-order valence-electron chi connectivity index (χ4n) is 2.30. The third-order valence-corrected chi connectivity index (χ3v) is 5.06. The van der Waals surface area contributed by atoms with Crippen LogP contribution >= 0.6 is 38.5 Å². The van der Waals surface area contributed by atoms with Gasteiger partial charge < -0.3 is 5.32 Å². The van der Waals surface area contributed by atoms with Crippen LogP contribution in [0, 0.1) is 9.49 Å². The number of carbonyl (C=O) groups is 1. The maximum absolute atomic E-state index is 12.2. The molecule has 0 heterocycles. The normalized spacial score (nSPS) is 23.6. The summed E-state index contributed by atoms with van der Waals surface area (Å²) in [5.41, 5.74) is 0.785. The van der Waals surface area contributed by atoms with E-state index in [2.05, 4.69) is 43.8 Å². The maximum atomic E-state index is 12.2. The second kappa shape index (κ2) is 6.18. The van der Waals surface area contributed by atoms with Crippen LogP contribution in [0.2, 0.25) is 0 Å². The monoisotopic (exact) mass is 407 g/mol. The van der Waals surface area contributed by atoms with E-state index >= 15 is 0 Å². The molecule has 2 unspecified atom stereocenters. The summed E-state index contributed by atoms with van der Waals surface area (Å²) >= 11 is 5.73. The summed E-state index contributed by atoms with van der Waals surface area (Å²) in [6, 6.07) is 8.04. The topological polar surface area (TPSA) is 29.1 Å². The van der Waals surface area contributed by atoms with Crippen molar-refractivity contribution in [3.05, 3.63) is 33.4 Å². The van der Waals surface area contributed by atoms with Gasteiger partial charge in [0.1, 0.15) is 0 Å². The first-order valence-electron chi connectivity index (χ1n) is 5.83. The molecule has 2 atom stereocenters. The largest absolute Gasteiger partial charge is 0.349 e. The van der Waals surface area contributed by atoms with Crippen LogP contribution in [0.3, 0.4) is 0 Å². The molecule has 1 N–H and O–H groups in total. The van der Waals surface area contributed by atoms with Crippen molar-refractivity contribution in [2.24, 2.45) is 5.92 Å². The van der Waals surface area contributed by atoms with Crippen LogP contribution < -0.4 is 5.32 Å². The Bertz CT molecular complexity index is 410. The van der Waals surface area contributed by atoms with Gasteiger partial charge in [-0.05, 0) is 53.5 Å². The van der Waals surface area contributed by atoms with Gasteiger partial charge in [-0.1, -0.05) is 34.5 Å². The van der Waals surface area contributed by atoms with Crippen molar-refractivity contribution >= 4 is 44.4 Å². The minimum absolute atomic E-state index is 0.0628. The van der Waals surface area contributed by atoms with Crippen molar-refractivity contribution in [1.29, 1.82) is 0 Å². The highest BCUT2D eigenvalue weighted by Crippen LogP contribution is 2.27. The Hall–Kier alpha value is -0.100. The van der Waals surface area contributed by atoms with Gasteiger partial charge in [0.25, 0.3) is 5.91 Å². The number of carbonyl (C=O) groups excluding carboxylic acids is 1. The molecule has 1 aromatic rings. The van der Waals surface area contributed by atoms with Crippen LogP contribution in [0.15, 0.2) is 24.3 Å². The Labute approximate surface area is 124 Å². The van der Waals surface area contributed by atoms with E-state index in [1.807, 2.05) is 24.3 Å². The van der Waals surface area contributed by atoms with E-state index in [1.54, 1.807) is 0 Å². The summed E-state index contributed by atoms with van der Waals surface area (Å²) in [6.07, 6.45) is 3.53. The van der Waals surface area contributed by atoms with Gasteiger partial charge in [-0.25, -0.2) is 0 Å². The van der Waals surface area contributed by atoms with Crippen molar-refractivity contribution in [2.75, 3.05) is 5.33 Å². The van der Waals surface area contributed by atoms with Crippen LogP contribution in [0.1, 0.15) is 29.6 Å². The maximum Gasteiger partial charge on any atom is 0.252 e. The first-order chi connectivity index (χ1) is 8.22. The Kier molecular flexibility index (Phi) is 4.85. The molecule has 1 aliphatic carbocycles. The highest BCUT2D eigenvalue weighted by Gasteiger charge is 2.28. The number of alkyl halides is 1. The minimum Gasteiger partial charge on any atom is -0.349 e. The van der Waals surface area contributed by atoms with E-state index in [-0.39, 0.29) is 5.91 Å². The minimum atomic E-state index is 0.0628. The molecule has 92 valence electrons. The molecule has 1 aromatic carbocycles. The lowest BCUT2D eigenvalue weighted by Gasteiger charge is -2.19. The zero-order valence-electron chi connectivity index (χ0n) is 9.46. The molecule has 0 aliphatic heterocycles. The molecule has 0 bridgehead atoms. The smallest absolute Gasteiger partial charge is 0.252 e. The third kappa shape index (κ3) is 3.22. The zero-order valence-corrected chi connectivity index (χ0v) is 13.2. The zero-order chi connectivity index (χ0) is 12.3. The summed E-state index contributed by atoms with van der Waals surface area (Å²) in [4.78, 5) is 12.2. The number of benzene rings is 1. The predicted molar refractivity (Wildman–Crippen MR) is 81.5 cm³/mol. The highest BCUT2D eigenvalue weighted by molar-refractivity contribution is 14.1. The number of halogens is 2. The quantitative estimate of drug-likeness (QED) is 0.602. The first kappa shape index (κ1) is 13.3. The second-order valence-corrected chi connectivity index (χ2v) is 6.21. The van der Waals surface area contributed by atoms with Crippen LogP contribution in [-0.4, -0.2) is 17.3 Å². The van der Waals surface area contributed by atoms with Gasteiger partial charge in [-0.15, -0.1) is 0 Å². The van der Waals surface area contributed by atoms with E-state index < -0.39 is 0 Å². The number of hydrogen-bond donors (Lipinski definition) is 1. The van der Waals surface area contributed by atoms with Crippen molar-refractivity contribution in [3.63, 3.8) is 0 Å². The number of hydrogen-bond acceptors (Lipinski definition) is 1. The average Bonchev–Trinajstić information content (AvgIpc) is 2.76. The van der Waals surface area contributed by atoms with E-state index in [0.29, 0.717) is 12.0 Å². The van der Waals surface area contributed by atoms with Crippen LogP contribution in [0.4, 0.5) is 0 Å². The molecule has 0 radical (unpaired) electrons. The van der Waals surface area contributed by atoms with Crippen molar-refractivity contribution < 1.29 is 4.79 Å². The van der Waals surface area contributed by atoms with Gasteiger partial charge in [0.2, 0.25) is 0 Å². The van der Waals surface area contributed by atoms with Crippen LogP contribution in [0.5, 0.6) is 0 Å². The lowest BCUT2D eigenvalue weighted by molar-refractivity contribution is 0.0929. The Morgan fingerprint density at radius 3 is 2.88 bits per heavy atom. The molecule has 1 saturated carbocycles. The van der Waals surface area contributed by atoms with Gasteiger partial charge in [0.05, 0.1) is 5.56 Å². The van der Waals surface area contributed by atoms with E-state index in [9.17, 15) is 4.79 Å². The first-order valence-corrected chi connectivity index (χ1v) is 8.03. The second-order valence-electron chi connectivity index (χ2n) is 4.41. The van der Waals surface area contributed by atoms with Gasteiger partial charge in [0, 0.05) is 14.9 Å². The molecule has 17 heavy (non-hydrogen) atoms. The SMILES string of the molecule is O=C(NC1CCCC1CBr)c1ccccc1I. The molecule has 4 heteroatoms. The summed E-state index contributed by atoms with van der Waals surface area (Å²) in [7, 11) is 0. The third-order valence-electron chi connectivity index (χ3n) is 3.29. The standard InChI is InChI=1S/C13H15BrINO/c14-8-9-4-3-7-12(9)16-13(17)10-5-1-2-6-11(10)15/h1-2,5-6,9,12H,3-4,7-8H2,(H,16,17). The fourth-order valence-corrected chi connectivity index (χ4v) is 3.71. The Morgan fingerprint density at radius 1 is 1.41 bits per heavy atom. The van der Waals surface area contributed by atoms with Gasteiger partial charge >= 0.3 is 0 Å². The summed E-state index contributed by atoms with van der Waals surface area (Å²) in [5.74, 6) is 0.646. The van der Waals surface area contributed by atoms with E-state index in [1.165, 1.54) is 12.8 Å².